The molecule has 1 aromatic heterocycles. The lowest BCUT2D eigenvalue weighted by atomic mass is 9.93. The van der Waals surface area contributed by atoms with E-state index in [2.05, 4.69) is 10.3 Å². The number of aryl methyl sites for hydroxylation is 1. The molecule has 0 bridgehead atoms. The molecule has 0 atom stereocenters. The second-order valence-electron chi connectivity index (χ2n) is 5.89. The first-order valence-electron chi connectivity index (χ1n) is 6.76. The molecule has 118 valence electrons. The first-order valence-corrected chi connectivity index (χ1v) is 8.18. The highest BCUT2D eigenvalue weighted by Gasteiger charge is 2.33. The van der Waals surface area contributed by atoms with Crippen molar-refractivity contribution in [3.63, 3.8) is 0 Å². The fourth-order valence-electron chi connectivity index (χ4n) is 1.66. The molecule has 0 saturated heterocycles. The molecule has 0 radical (unpaired) electrons. The van der Waals surface area contributed by atoms with Crippen molar-refractivity contribution in [2.45, 2.75) is 40.7 Å². The van der Waals surface area contributed by atoms with E-state index in [1.807, 2.05) is 26.2 Å². The molecule has 5 nitrogen and oxygen atoms in total. The van der Waals surface area contributed by atoms with E-state index < -0.39 is 5.41 Å². The summed E-state index contributed by atoms with van der Waals surface area (Å²) in [4.78, 5) is 30.3. The molecular formula is C14H22ClN3O2S. The van der Waals surface area contributed by atoms with E-state index in [1.165, 1.54) is 16.2 Å². The number of alkyl halides is 1. The number of hydrogen-bond donors (Lipinski definition) is 1. The number of hydrogen-bond acceptors (Lipinski definition) is 4. The predicted molar refractivity (Wildman–Crippen MR) is 86.8 cm³/mol. The Morgan fingerprint density at radius 3 is 2.52 bits per heavy atom. The zero-order valence-electron chi connectivity index (χ0n) is 13.1. The van der Waals surface area contributed by atoms with Crippen LogP contribution in [0, 0.1) is 12.3 Å². The number of halogens is 1. The Labute approximate surface area is 134 Å². The lowest BCUT2D eigenvalue weighted by molar-refractivity contribution is -0.143. The maximum Gasteiger partial charge on any atom is 0.245 e. The maximum absolute atomic E-state index is 12.5. The van der Waals surface area contributed by atoms with Crippen LogP contribution in [0.25, 0.3) is 0 Å². The molecule has 7 heteroatoms. The summed E-state index contributed by atoms with van der Waals surface area (Å²) in [6.07, 6.45) is 0. The topological polar surface area (TPSA) is 62.3 Å². The van der Waals surface area contributed by atoms with Gasteiger partial charge in [-0.25, -0.2) is 4.98 Å². The quantitative estimate of drug-likeness (QED) is 0.815. The van der Waals surface area contributed by atoms with Crippen molar-refractivity contribution in [1.82, 2.24) is 9.88 Å². The van der Waals surface area contributed by atoms with Crippen molar-refractivity contribution in [3.05, 3.63) is 11.1 Å². The van der Waals surface area contributed by atoms with Crippen LogP contribution in [0.4, 0.5) is 5.13 Å². The Balaban J connectivity index is 2.74. The zero-order chi connectivity index (χ0) is 16.2. The van der Waals surface area contributed by atoms with E-state index in [-0.39, 0.29) is 30.3 Å². The third-order valence-electron chi connectivity index (χ3n) is 2.98. The van der Waals surface area contributed by atoms with Crippen LogP contribution < -0.4 is 5.32 Å². The first-order chi connectivity index (χ1) is 9.67. The standard InChI is InChI=1S/C14H22ClN3O2S/c1-9(2)18(12(20)14(4,5)8-15)6-11(19)17-13-16-10(3)7-21-13/h7,9H,6,8H2,1-5H3,(H,16,17,19). The van der Waals surface area contributed by atoms with E-state index in [0.717, 1.165) is 5.69 Å². The Hall–Kier alpha value is -1.14. The largest absolute Gasteiger partial charge is 0.330 e. The molecule has 0 aliphatic carbocycles. The van der Waals surface area contributed by atoms with E-state index in [1.54, 1.807) is 13.8 Å². The van der Waals surface area contributed by atoms with Gasteiger partial charge in [-0.2, -0.15) is 0 Å². The van der Waals surface area contributed by atoms with Crippen molar-refractivity contribution in [3.8, 4) is 0 Å². The Kier molecular flexibility index (Phi) is 6.16. The fraction of sp³-hybridized carbons (Fsp3) is 0.643. The van der Waals surface area contributed by atoms with Gasteiger partial charge in [0.2, 0.25) is 11.8 Å². The molecule has 1 rings (SSSR count). The number of carbonyl (C=O) groups is 2. The molecular weight excluding hydrogens is 310 g/mol. The van der Waals surface area contributed by atoms with E-state index in [0.29, 0.717) is 5.13 Å². The minimum absolute atomic E-state index is 0.00452. The van der Waals surface area contributed by atoms with Crippen molar-refractivity contribution in [1.29, 1.82) is 0 Å². The molecule has 0 aliphatic rings. The summed E-state index contributed by atoms with van der Waals surface area (Å²) in [6.45, 7) is 9.17. The van der Waals surface area contributed by atoms with Crippen LogP contribution in [-0.4, -0.2) is 40.2 Å². The van der Waals surface area contributed by atoms with Gasteiger partial charge in [-0.3, -0.25) is 9.59 Å². The lowest BCUT2D eigenvalue weighted by Gasteiger charge is -2.33. The summed E-state index contributed by atoms with van der Waals surface area (Å²) in [6, 6.07) is -0.0798. The number of thiazole rings is 1. The molecule has 0 fully saturated rings. The van der Waals surface area contributed by atoms with Crippen molar-refractivity contribution < 1.29 is 9.59 Å². The molecule has 0 spiro atoms. The Morgan fingerprint density at radius 1 is 1.48 bits per heavy atom. The minimum atomic E-state index is -0.691. The highest BCUT2D eigenvalue weighted by atomic mass is 35.5. The van der Waals surface area contributed by atoms with Gasteiger partial charge in [-0.05, 0) is 34.6 Å². The van der Waals surface area contributed by atoms with Gasteiger partial charge in [0.15, 0.2) is 5.13 Å². The normalized spacial score (nSPS) is 11.6. The smallest absolute Gasteiger partial charge is 0.245 e. The second-order valence-corrected chi connectivity index (χ2v) is 7.01. The van der Waals surface area contributed by atoms with Crippen LogP contribution in [-0.2, 0) is 9.59 Å². The third-order valence-corrected chi connectivity index (χ3v) is 4.52. The third kappa shape index (κ3) is 4.97. The van der Waals surface area contributed by atoms with Gasteiger partial charge in [-0.1, -0.05) is 0 Å². The average Bonchev–Trinajstić information content (AvgIpc) is 2.80. The number of amides is 2. The van der Waals surface area contributed by atoms with Gasteiger partial charge in [0.05, 0.1) is 11.1 Å². The minimum Gasteiger partial charge on any atom is -0.330 e. The van der Waals surface area contributed by atoms with Gasteiger partial charge in [0, 0.05) is 17.3 Å². The summed E-state index contributed by atoms with van der Waals surface area (Å²) in [7, 11) is 0. The van der Waals surface area contributed by atoms with Crippen LogP contribution in [0.2, 0.25) is 0 Å². The van der Waals surface area contributed by atoms with Gasteiger partial charge in [0.1, 0.15) is 6.54 Å². The summed E-state index contributed by atoms with van der Waals surface area (Å²) >= 11 is 7.21. The summed E-state index contributed by atoms with van der Waals surface area (Å²) in [5, 5.41) is 5.12. The number of nitrogens with zero attached hydrogens (tertiary/aromatic N) is 2. The molecule has 1 heterocycles. The fourth-order valence-corrected chi connectivity index (χ4v) is 2.48. The zero-order valence-corrected chi connectivity index (χ0v) is 14.6. The summed E-state index contributed by atoms with van der Waals surface area (Å²) in [5.41, 5.74) is 0.166. The first kappa shape index (κ1) is 17.9. The Bertz CT molecular complexity index is 514. The molecule has 0 saturated carbocycles. The van der Waals surface area contributed by atoms with Gasteiger partial charge in [0.25, 0.3) is 0 Å². The van der Waals surface area contributed by atoms with Crippen LogP contribution in [0.3, 0.4) is 0 Å². The predicted octanol–water partition coefficient (Wildman–Crippen LogP) is 2.89. The molecule has 21 heavy (non-hydrogen) atoms. The number of aromatic nitrogens is 1. The van der Waals surface area contributed by atoms with Gasteiger partial charge < -0.3 is 10.2 Å². The van der Waals surface area contributed by atoms with Crippen molar-refractivity contribution in [2.24, 2.45) is 5.41 Å². The Morgan fingerprint density at radius 2 is 2.10 bits per heavy atom. The molecule has 0 aromatic carbocycles. The van der Waals surface area contributed by atoms with Crippen molar-refractivity contribution >= 4 is 39.9 Å². The molecule has 1 N–H and O–H groups in total. The van der Waals surface area contributed by atoms with Crippen molar-refractivity contribution in [2.75, 3.05) is 17.7 Å². The van der Waals surface area contributed by atoms with Crippen LogP contribution in [0.15, 0.2) is 5.38 Å². The number of carbonyl (C=O) groups excluding carboxylic acids is 2. The van der Waals surface area contributed by atoms with Gasteiger partial charge in [-0.15, -0.1) is 22.9 Å². The molecule has 0 unspecified atom stereocenters. The monoisotopic (exact) mass is 331 g/mol. The lowest BCUT2D eigenvalue weighted by Crippen LogP contribution is -2.48. The number of anilines is 1. The maximum atomic E-state index is 12.5. The number of rotatable bonds is 6. The van der Waals surface area contributed by atoms with Crippen LogP contribution in [0.1, 0.15) is 33.4 Å². The number of nitrogens with one attached hydrogen (secondary N) is 1. The highest BCUT2D eigenvalue weighted by Crippen LogP contribution is 2.22. The highest BCUT2D eigenvalue weighted by molar-refractivity contribution is 7.13. The second kappa shape index (κ2) is 7.22. The van der Waals surface area contributed by atoms with Crippen LogP contribution in [0.5, 0.6) is 0 Å². The SMILES string of the molecule is Cc1csc(NC(=O)CN(C(=O)C(C)(C)CCl)C(C)C)n1. The molecule has 0 aliphatic heterocycles. The van der Waals surface area contributed by atoms with E-state index >= 15 is 0 Å². The molecule has 2 amide bonds. The summed E-state index contributed by atoms with van der Waals surface area (Å²) in [5.74, 6) is -0.169. The summed E-state index contributed by atoms with van der Waals surface area (Å²) < 4.78 is 0. The van der Waals surface area contributed by atoms with Gasteiger partial charge >= 0.3 is 0 Å². The van der Waals surface area contributed by atoms with E-state index in [4.69, 9.17) is 11.6 Å². The van der Waals surface area contributed by atoms with Crippen LogP contribution >= 0.6 is 22.9 Å². The average molecular weight is 332 g/mol. The van der Waals surface area contributed by atoms with E-state index in [9.17, 15) is 9.59 Å². The molecule has 1 aromatic rings.